The van der Waals surface area contributed by atoms with E-state index in [1.807, 2.05) is 23.1 Å². The smallest absolute Gasteiger partial charge is 0.282 e. The number of aromatic nitrogens is 1. The van der Waals surface area contributed by atoms with Crippen LogP contribution in [0, 0.1) is 5.82 Å². The lowest BCUT2D eigenvalue weighted by molar-refractivity contribution is 0.0994. The van der Waals surface area contributed by atoms with Crippen molar-refractivity contribution in [2.24, 2.45) is 4.99 Å². The molecule has 0 unspecified atom stereocenters. The van der Waals surface area contributed by atoms with Gasteiger partial charge >= 0.3 is 0 Å². The molecule has 0 saturated heterocycles. The van der Waals surface area contributed by atoms with E-state index in [2.05, 4.69) is 4.99 Å². The van der Waals surface area contributed by atoms with E-state index >= 15 is 0 Å². The molecule has 3 nitrogen and oxygen atoms in total. The summed E-state index contributed by atoms with van der Waals surface area (Å²) in [6.45, 7) is 2.69. The molecule has 0 aliphatic rings. The molecule has 1 heterocycles. The quantitative estimate of drug-likeness (QED) is 0.806. The lowest BCUT2D eigenvalue weighted by Crippen LogP contribution is -2.15. The molecule has 0 bridgehead atoms. The van der Waals surface area contributed by atoms with Gasteiger partial charge in [0.25, 0.3) is 5.91 Å². The van der Waals surface area contributed by atoms with Crippen molar-refractivity contribution < 1.29 is 9.18 Å². The van der Waals surface area contributed by atoms with Crippen molar-refractivity contribution in [1.82, 2.24) is 4.57 Å². The Morgan fingerprint density at radius 3 is 2.94 bits per heavy atom. The molecule has 0 spiro atoms. The second-order valence-corrected chi connectivity index (χ2v) is 4.24. The number of halogens is 1. The Bertz CT molecular complexity index is 600. The SMILES string of the molecule is CCn1ccsc1=NC(=O)c1ccccc1F. The van der Waals surface area contributed by atoms with Gasteiger partial charge < -0.3 is 4.57 Å². The maximum Gasteiger partial charge on any atom is 0.282 e. The Labute approximate surface area is 102 Å². The largest absolute Gasteiger partial charge is 0.324 e. The number of amides is 1. The number of aryl methyl sites for hydroxylation is 1. The standard InChI is InChI=1S/C12H11FN2OS/c1-2-15-7-8-17-12(15)14-11(16)9-5-3-4-6-10(9)13/h3-8H,2H2,1H3. The van der Waals surface area contributed by atoms with Gasteiger partial charge in [0.05, 0.1) is 5.56 Å². The van der Waals surface area contributed by atoms with Gasteiger partial charge in [0, 0.05) is 18.1 Å². The molecule has 1 aromatic heterocycles. The average molecular weight is 250 g/mol. The highest BCUT2D eigenvalue weighted by Gasteiger charge is 2.09. The van der Waals surface area contributed by atoms with Gasteiger partial charge in [0.1, 0.15) is 5.82 Å². The van der Waals surface area contributed by atoms with E-state index in [1.54, 1.807) is 12.1 Å². The molecule has 5 heteroatoms. The second-order valence-electron chi connectivity index (χ2n) is 3.37. The zero-order chi connectivity index (χ0) is 12.3. The monoisotopic (exact) mass is 250 g/mol. The first kappa shape index (κ1) is 11.7. The van der Waals surface area contributed by atoms with E-state index in [9.17, 15) is 9.18 Å². The summed E-state index contributed by atoms with van der Waals surface area (Å²) in [6.07, 6.45) is 1.85. The molecule has 0 radical (unpaired) electrons. The summed E-state index contributed by atoms with van der Waals surface area (Å²) >= 11 is 1.36. The number of thiazole rings is 1. The molecule has 17 heavy (non-hydrogen) atoms. The zero-order valence-corrected chi connectivity index (χ0v) is 10.1. The number of nitrogens with zero attached hydrogens (tertiary/aromatic N) is 2. The van der Waals surface area contributed by atoms with Gasteiger partial charge in [-0.3, -0.25) is 4.79 Å². The molecule has 1 amide bonds. The van der Waals surface area contributed by atoms with Crippen molar-refractivity contribution in [3.05, 3.63) is 52.0 Å². The predicted octanol–water partition coefficient (Wildman–Crippen LogP) is 2.45. The molecular formula is C12H11FN2OS. The zero-order valence-electron chi connectivity index (χ0n) is 9.26. The summed E-state index contributed by atoms with van der Waals surface area (Å²) in [5.41, 5.74) is 0.00329. The Morgan fingerprint density at radius 1 is 1.47 bits per heavy atom. The summed E-state index contributed by atoms with van der Waals surface area (Å²) in [5, 5.41) is 1.84. The van der Waals surface area contributed by atoms with E-state index in [0.29, 0.717) is 4.80 Å². The van der Waals surface area contributed by atoms with Crippen molar-refractivity contribution in [2.75, 3.05) is 0 Å². The van der Waals surface area contributed by atoms with Gasteiger partial charge in [-0.15, -0.1) is 11.3 Å². The highest BCUT2D eigenvalue weighted by atomic mass is 32.1. The average Bonchev–Trinajstić information content (AvgIpc) is 2.76. The van der Waals surface area contributed by atoms with E-state index in [1.165, 1.54) is 23.5 Å². The van der Waals surface area contributed by atoms with Crippen molar-refractivity contribution >= 4 is 17.2 Å². The van der Waals surface area contributed by atoms with Crippen LogP contribution in [0.3, 0.4) is 0 Å². The molecule has 88 valence electrons. The Balaban J connectivity index is 2.41. The van der Waals surface area contributed by atoms with Gasteiger partial charge in [-0.1, -0.05) is 12.1 Å². The van der Waals surface area contributed by atoms with Crippen LogP contribution in [0.1, 0.15) is 17.3 Å². The number of carbonyl (C=O) groups excluding carboxylic acids is 1. The third-order valence-electron chi connectivity index (χ3n) is 2.30. The molecule has 2 aromatic rings. The van der Waals surface area contributed by atoms with E-state index in [-0.39, 0.29) is 5.56 Å². The molecule has 0 N–H and O–H groups in total. The summed E-state index contributed by atoms with van der Waals surface area (Å²) in [7, 11) is 0. The van der Waals surface area contributed by atoms with Crippen LogP contribution in [0.25, 0.3) is 0 Å². The van der Waals surface area contributed by atoms with Crippen LogP contribution >= 0.6 is 11.3 Å². The van der Waals surface area contributed by atoms with E-state index < -0.39 is 11.7 Å². The summed E-state index contributed by atoms with van der Waals surface area (Å²) in [4.78, 5) is 16.3. The number of hydrogen-bond acceptors (Lipinski definition) is 2. The van der Waals surface area contributed by atoms with Crippen molar-refractivity contribution in [2.45, 2.75) is 13.5 Å². The molecule has 0 atom stereocenters. The minimum atomic E-state index is -0.548. The van der Waals surface area contributed by atoms with Crippen LogP contribution in [-0.4, -0.2) is 10.5 Å². The Hall–Kier alpha value is -1.75. The summed E-state index contributed by atoms with van der Waals surface area (Å²) in [5.74, 6) is -1.09. The minimum absolute atomic E-state index is 0.00329. The fraction of sp³-hybridized carbons (Fsp3) is 0.167. The molecule has 2 rings (SSSR count). The molecular weight excluding hydrogens is 239 g/mol. The van der Waals surface area contributed by atoms with Gasteiger partial charge in [-0.2, -0.15) is 4.99 Å². The van der Waals surface area contributed by atoms with Crippen LogP contribution in [0.2, 0.25) is 0 Å². The first-order chi connectivity index (χ1) is 8.22. The lowest BCUT2D eigenvalue weighted by atomic mass is 10.2. The number of hydrogen-bond donors (Lipinski definition) is 0. The van der Waals surface area contributed by atoms with Gasteiger partial charge in [-0.25, -0.2) is 4.39 Å². The number of rotatable bonds is 2. The highest BCUT2D eigenvalue weighted by molar-refractivity contribution is 7.07. The third kappa shape index (κ3) is 2.50. The molecule has 0 fully saturated rings. The van der Waals surface area contributed by atoms with Gasteiger partial charge in [0.15, 0.2) is 4.80 Å². The van der Waals surface area contributed by atoms with Crippen LogP contribution in [0.4, 0.5) is 4.39 Å². The predicted molar refractivity (Wildman–Crippen MR) is 64.3 cm³/mol. The van der Waals surface area contributed by atoms with E-state index in [4.69, 9.17) is 0 Å². The minimum Gasteiger partial charge on any atom is -0.324 e. The first-order valence-electron chi connectivity index (χ1n) is 5.20. The molecule has 0 aliphatic heterocycles. The van der Waals surface area contributed by atoms with Gasteiger partial charge in [-0.05, 0) is 19.1 Å². The Morgan fingerprint density at radius 2 is 2.24 bits per heavy atom. The highest BCUT2D eigenvalue weighted by Crippen LogP contribution is 2.07. The summed E-state index contributed by atoms with van der Waals surface area (Å²) in [6, 6.07) is 5.85. The van der Waals surface area contributed by atoms with E-state index in [0.717, 1.165) is 6.54 Å². The normalized spacial score (nSPS) is 11.8. The summed E-state index contributed by atoms with van der Waals surface area (Å²) < 4.78 is 15.2. The van der Waals surface area contributed by atoms with Gasteiger partial charge in [0.2, 0.25) is 0 Å². The van der Waals surface area contributed by atoms with Crippen LogP contribution < -0.4 is 4.80 Å². The maximum atomic E-state index is 13.4. The van der Waals surface area contributed by atoms with Crippen LogP contribution in [0.5, 0.6) is 0 Å². The lowest BCUT2D eigenvalue weighted by Gasteiger charge is -1.97. The topological polar surface area (TPSA) is 34.4 Å². The molecule has 0 saturated carbocycles. The van der Waals surface area contributed by atoms with Crippen LogP contribution in [-0.2, 0) is 6.54 Å². The maximum absolute atomic E-state index is 13.4. The third-order valence-corrected chi connectivity index (χ3v) is 3.10. The second kappa shape index (κ2) is 5.05. The molecule has 0 aliphatic carbocycles. The number of benzene rings is 1. The first-order valence-corrected chi connectivity index (χ1v) is 6.08. The molecule has 1 aromatic carbocycles. The fourth-order valence-electron chi connectivity index (χ4n) is 1.41. The van der Waals surface area contributed by atoms with Crippen molar-refractivity contribution in [3.63, 3.8) is 0 Å². The fourth-order valence-corrected chi connectivity index (χ4v) is 2.20. The van der Waals surface area contributed by atoms with Crippen LogP contribution in [0.15, 0.2) is 40.8 Å². The Kier molecular flexibility index (Phi) is 3.49. The van der Waals surface area contributed by atoms with Crippen molar-refractivity contribution in [1.29, 1.82) is 0 Å². The number of carbonyl (C=O) groups is 1. The van der Waals surface area contributed by atoms with Crippen molar-refractivity contribution in [3.8, 4) is 0 Å².